The summed E-state index contributed by atoms with van der Waals surface area (Å²) in [5.74, 6) is 0. The molecule has 0 radical (unpaired) electrons. The third-order valence-electron chi connectivity index (χ3n) is 2.67. The molecule has 1 N–H and O–H groups in total. The summed E-state index contributed by atoms with van der Waals surface area (Å²) in [6, 6.07) is 8.66. The van der Waals surface area contributed by atoms with Crippen molar-refractivity contribution in [1.29, 1.82) is 0 Å². The second-order valence-corrected chi connectivity index (χ2v) is 5.27. The van der Waals surface area contributed by atoms with Crippen LogP contribution in [0.3, 0.4) is 0 Å². The summed E-state index contributed by atoms with van der Waals surface area (Å²) in [6.45, 7) is 7.27. The molecule has 0 aliphatic carbocycles. The largest absolute Gasteiger partial charge is 0.351 e. The van der Waals surface area contributed by atoms with Gasteiger partial charge in [-0.1, -0.05) is 0 Å². The second kappa shape index (κ2) is 5.32. The SMILES string of the molecule is CCn1cccc1CNCc1ccc(C)s1. The zero-order valence-corrected chi connectivity index (χ0v) is 10.7. The average molecular weight is 234 g/mol. The molecule has 2 heterocycles. The molecule has 2 nitrogen and oxygen atoms in total. The van der Waals surface area contributed by atoms with Crippen LogP contribution in [0.1, 0.15) is 22.4 Å². The van der Waals surface area contributed by atoms with E-state index < -0.39 is 0 Å². The predicted molar refractivity (Wildman–Crippen MR) is 69.7 cm³/mol. The molecule has 0 atom stereocenters. The number of hydrogen-bond acceptors (Lipinski definition) is 2. The number of aromatic nitrogens is 1. The molecule has 2 rings (SSSR count). The minimum Gasteiger partial charge on any atom is -0.351 e. The lowest BCUT2D eigenvalue weighted by Gasteiger charge is -2.07. The lowest BCUT2D eigenvalue weighted by molar-refractivity contribution is 0.632. The highest BCUT2D eigenvalue weighted by Crippen LogP contribution is 2.14. The van der Waals surface area contributed by atoms with Crippen molar-refractivity contribution in [3.63, 3.8) is 0 Å². The zero-order chi connectivity index (χ0) is 11.4. The van der Waals surface area contributed by atoms with Crippen LogP contribution in [0.2, 0.25) is 0 Å². The van der Waals surface area contributed by atoms with E-state index in [-0.39, 0.29) is 0 Å². The molecule has 86 valence electrons. The third-order valence-corrected chi connectivity index (χ3v) is 3.67. The van der Waals surface area contributed by atoms with E-state index in [9.17, 15) is 0 Å². The molecule has 0 saturated heterocycles. The molecular formula is C13H18N2S. The quantitative estimate of drug-likeness (QED) is 0.841. The summed E-state index contributed by atoms with van der Waals surface area (Å²) >= 11 is 1.87. The molecule has 0 aromatic carbocycles. The van der Waals surface area contributed by atoms with Gasteiger partial charge in [0.15, 0.2) is 0 Å². The lowest BCUT2D eigenvalue weighted by atomic mass is 10.4. The first-order chi connectivity index (χ1) is 7.79. The van der Waals surface area contributed by atoms with E-state index in [2.05, 4.69) is 54.2 Å². The highest BCUT2D eigenvalue weighted by molar-refractivity contribution is 7.11. The lowest BCUT2D eigenvalue weighted by Crippen LogP contribution is -2.14. The van der Waals surface area contributed by atoms with Crippen molar-refractivity contribution in [1.82, 2.24) is 9.88 Å². The number of aryl methyl sites for hydroxylation is 2. The Morgan fingerprint density at radius 1 is 1.25 bits per heavy atom. The van der Waals surface area contributed by atoms with Crippen LogP contribution in [0, 0.1) is 6.92 Å². The maximum Gasteiger partial charge on any atom is 0.0362 e. The van der Waals surface area contributed by atoms with E-state index in [1.807, 2.05) is 11.3 Å². The number of hydrogen-bond donors (Lipinski definition) is 1. The Labute approximate surface area is 101 Å². The Morgan fingerprint density at radius 3 is 2.81 bits per heavy atom. The van der Waals surface area contributed by atoms with Gasteiger partial charge < -0.3 is 9.88 Å². The Kier molecular flexibility index (Phi) is 3.80. The van der Waals surface area contributed by atoms with Crippen LogP contribution in [0.25, 0.3) is 0 Å². The van der Waals surface area contributed by atoms with Gasteiger partial charge in [-0.2, -0.15) is 0 Å². The van der Waals surface area contributed by atoms with Gasteiger partial charge in [-0.05, 0) is 38.1 Å². The number of nitrogens with one attached hydrogen (secondary N) is 1. The maximum atomic E-state index is 3.48. The van der Waals surface area contributed by atoms with Crippen LogP contribution in [0.4, 0.5) is 0 Å². The first-order valence-corrected chi connectivity index (χ1v) is 6.51. The molecule has 16 heavy (non-hydrogen) atoms. The molecule has 0 fully saturated rings. The van der Waals surface area contributed by atoms with Gasteiger partial charge in [-0.25, -0.2) is 0 Å². The Hall–Kier alpha value is -1.06. The zero-order valence-electron chi connectivity index (χ0n) is 9.86. The molecule has 0 aliphatic rings. The van der Waals surface area contributed by atoms with Gasteiger partial charge in [0.25, 0.3) is 0 Å². The summed E-state index contributed by atoms with van der Waals surface area (Å²) in [6.07, 6.45) is 2.13. The second-order valence-electron chi connectivity index (χ2n) is 3.90. The number of rotatable bonds is 5. The predicted octanol–water partition coefficient (Wildman–Crippen LogP) is 3.17. The van der Waals surface area contributed by atoms with Gasteiger partial charge in [0.2, 0.25) is 0 Å². The summed E-state index contributed by atoms with van der Waals surface area (Å²) in [5.41, 5.74) is 1.36. The Bertz CT molecular complexity index is 442. The van der Waals surface area contributed by atoms with Crippen LogP contribution in [-0.4, -0.2) is 4.57 Å². The molecule has 0 bridgehead atoms. The van der Waals surface area contributed by atoms with Crippen molar-refractivity contribution in [2.24, 2.45) is 0 Å². The van der Waals surface area contributed by atoms with Crippen molar-refractivity contribution < 1.29 is 0 Å². The van der Waals surface area contributed by atoms with Crippen molar-refractivity contribution >= 4 is 11.3 Å². The van der Waals surface area contributed by atoms with E-state index >= 15 is 0 Å². The highest BCUT2D eigenvalue weighted by Gasteiger charge is 1.99. The maximum absolute atomic E-state index is 3.48. The molecule has 0 saturated carbocycles. The van der Waals surface area contributed by atoms with Crippen LogP contribution < -0.4 is 5.32 Å². The fourth-order valence-electron chi connectivity index (χ4n) is 1.81. The van der Waals surface area contributed by atoms with Crippen LogP contribution in [-0.2, 0) is 19.6 Å². The molecule has 3 heteroatoms. The Balaban J connectivity index is 1.84. The van der Waals surface area contributed by atoms with E-state index in [4.69, 9.17) is 0 Å². The molecular weight excluding hydrogens is 216 g/mol. The van der Waals surface area contributed by atoms with Gasteiger partial charge >= 0.3 is 0 Å². The fourth-order valence-corrected chi connectivity index (χ4v) is 2.67. The molecule has 2 aromatic rings. The van der Waals surface area contributed by atoms with Crippen LogP contribution in [0.15, 0.2) is 30.5 Å². The summed E-state index contributed by atoms with van der Waals surface area (Å²) < 4.78 is 2.27. The van der Waals surface area contributed by atoms with E-state index in [1.54, 1.807) is 0 Å². The minimum atomic E-state index is 0.942. The third kappa shape index (κ3) is 2.74. The van der Waals surface area contributed by atoms with Crippen molar-refractivity contribution in [2.75, 3.05) is 0 Å². The molecule has 0 aliphatic heterocycles. The van der Waals surface area contributed by atoms with E-state index in [0.29, 0.717) is 0 Å². The summed E-state index contributed by atoms with van der Waals surface area (Å²) in [4.78, 5) is 2.79. The van der Waals surface area contributed by atoms with Gasteiger partial charge in [0.1, 0.15) is 0 Å². The summed E-state index contributed by atoms with van der Waals surface area (Å²) in [5, 5.41) is 3.48. The van der Waals surface area contributed by atoms with Crippen molar-refractivity contribution in [2.45, 2.75) is 33.5 Å². The summed E-state index contributed by atoms with van der Waals surface area (Å²) in [7, 11) is 0. The van der Waals surface area contributed by atoms with E-state index in [0.717, 1.165) is 19.6 Å². The molecule has 0 spiro atoms. The van der Waals surface area contributed by atoms with Crippen molar-refractivity contribution in [3.05, 3.63) is 45.9 Å². The van der Waals surface area contributed by atoms with Crippen LogP contribution >= 0.6 is 11.3 Å². The standard InChI is InChI=1S/C13H18N2S/c1-3-15-8-4-5-12(15)9-14-10-13-7-6-11(2)16-13/h4-8,14H,3,9-10H2,1-2H3. The average Bonchev–Trinajstić information content (AvgIpc) is 2.87. The van der Waals surface area contributed by atoms with Gasteiger partial charge in [0, 0.05) is 41.3 Å². The van der Waals surface area contributed by atoms with Crippen LogP contribution in [0.5, 0.6) is 0 Å². The monoisotopic (exact) mass is 234 g/mol. The highest BCUT2D eigenvalue weighted by atomic mass is 32.1. The first kappa shape index (κ1) is 11.4. The topological polar surface area (TPSA) is 17.0 Å². The normalized spacial score (nSPS) is 10.9. The smallest absolute Gasteiger partial charge is 0.0362 e. The molecule has 0 amide bonds. The fraction of sp³-hybridized carbons (Fsp3) is 0.385. The van der Waals surface area contributed by atoms with Gasteiger partial charge in [-0.3, -0.25) is 0 Å². The van der Waals surface area contributed by atoms with E-state index in [1.165, 1.54) is 15.4 Å². The minimum absolute atomic E-state index is 0.942. The molecule has 0 unspecified atom stereocenters. The molecule has 2 aromatic heterocycles. The number of nitrogens with zero attached hydrogens (tertiary/aromatic N) is 1. The van der Waals surface area contributed by atoms with Crippen molar-refractivity contribution in [3.8, 4) is 0 Å². The van der Waals surface area contributed by atoms with Gasteiger partial charge in [0.05, 0.1) is 0 Å². The Morgan fingerprint density at radius 2 is 2.12 bits per heavy atom. The number of thiophene rings is 1. The first-order valence-electron chi connectivity index (χ1n) is 5.69. The van der Waals surface area contributed by atoms with Gasteiger partial charge in [-0.15, -0.1) is 11.3 Å².